The Kier molecular flexibility index (Phi) is 9.95. The molecule has 2 aliphatic heterocycles. The van der Waals surface area contributed by atoms with Gasteiger partial charge in [0.1, 0.15) is 5.01 Å². The van der Waals surface area contributed by atoms with Crippen LogP contribution in [0.25, 0.3) is 20.8 Å². The summed E-state index contributed by atoms with van der Waals surface area (Å²) in [6, 6.07) is 43.3. The Morgan fingerprint density at radius 3 is 1.55 bits per heavy atom. The molecule has 1 aliphatic carbocycles. The van der Waals surface area contributed by atoms with Gasteiger partial charge in [0.25, 0.3) is 6.71 Å². The van der Waals surface area contributed by atoms with Gasteiger partial charge in [-0.2, -0.15) is 0 Å². The number of anilines is 6. The molecule has 0 atom stereocenters. The fourth-order valence-electron chi connectivity index (χ4n) is 10.9. The van der Waals surface area contributed by atoms with Crippen molar-refractivity contribution in [2.75, 3.05) is 9.80 Å². The van der Waals surface area contributed by atoms with Gasteiger partial charge in [0, 0.05) is 39.7 Å². The minimum Gasteiger partial charge on any atom is -0.311 e. The molecule has 0 saturated carbocycles. The Balaban J connectivity index is 1.30. The van der Waals surface area contributed by atoms with Crippen molar-refractivity contribution < 1.29 is 0 Å². The summed E-state index contributed by atoms with van der Waals surface area (Å²) in [6.45, 7) is 37.7. The maximum Gasteiger partial charge on any atom is 0.252 e. The van der Waals surface area contributed by atoms with Gasteiger partial charge in [-0.3, -0.25) is 0 Å². The van der Waals surface area contributed by atoms with Crippen LogP contribution < -0.4 is 26.2 Å². The van der Waals surface area contributed by atoms with Crippen LogP contribution >= 0.6 is 11.3 Å². The molecule has 0 N–H and O–H groups in total. The van der Waals surface area contributed by atoms with Gasteiger partial charge in [0.15, 0.2) is 0 Å². The normalized spacial score (nSPS) is 16.5. The molecule has 6 aromatic carbocycles. The van der Waals surface area contributed by atoms with Crippen LogP contribution in [0.2, 0.25) is 0 Å². The van der Waals surface area contributed by atoms with E-state index in [1.54, 1.807) is 0 Å². The molecule has 338 valence electrons. The Morgan fingerprint density at radius 1 is 0.470 bits per heavy atom. The summed E-state index contributed by atoms with van der Waals surface area (Å²) in [5.41, 5.74) is 22.2. The zero-order chi connectivity index (χ0) is 47.3. The van der Waals surface area contributed by atoms with Crippen LogP contribution in [-0.4, -0.2) is 11.7 Å². The van der Waals surface area contributed by atoms with Crippen LogP contribution in [0.15, 0.2) is 109 Å². The molecule has 0 spiro atoms. The fourth-order valence-corrected chi connectivity index (χ4v) is 11.9. The van der Waals surface area contributed by atoms with Gasteiger partial charge >= 0.3 is 0 Å². The van der Waals surface area contributed by atoms with Crippen molar-refractivity contribution in [1.29, 1.82) is 0 Å². The summed E-state index contributed by atoms with van der Waals surface area (Å²) in [7, 11) is 0. The first-order chi connectivity index (χ1) is 30.7. The molecule has 5 heteroatoms. The SMILES string of the molecule is CC(C)(C)c1ccc(-c2nc3cc4c(cc3s2)N(c2ccc3c(c2)C(C)(C)CCC3(C)C)c2cc(C(C)(C)C)cc3c2B4c2cc(C(C)(C)C)ccc2N3c2ccc(C(C)(C)C)cc2)cc1. The first kappa shape index (κ1) is 44.7. The van der Waals surface area contributed by atoms with E-state index in [-0.39, 0.29) is 39.2 Å². The van der Waals surface area contributed by atoms with E-state index in [1.807, 2.05) is 11.3 Å². The van der Waals surface area contributed by atoms with Crippen LogP contribution in [0.4, 0.5) is 34.1 Å². The molecule has 0 bridgehead atoms. The number of nitrogens with zero attached hydrogens (tertiary/aromatic N) is 3. The molecule has 1 aromatic heterocycles. The monoisotopic (exact) mass is 888 g/mol. The molecule has 3 nitrogen and oxygen atoms in total. The van der Waals surface area contributed by atoms with E-state index in [2.05, 4.69) is 230 Å². The molecule has 0 unspecified atom stereocenters. The van der Waals surface area contributed by atoms with Gasteiger partial charge in [-0.15, -0.1) is 11.3 Å². The smallest absolute Gasteiger partial charge is 0.252 e. The average Bonchev–Trinajstić information content (AvgIpc) is 3.66. The van der Waals surface area contributed by atoms with Gasteiger partial charge in [0.2, 0.25) is 0 Å². The Hall–Kier alpha value is -5.13. The zero-order valence-electron chi connectivity index (χ0n) is 42.6. The average molecular weight is 888 g/mol. The molecule has 3 aliphatic rings. The third-order valence-corrected chi connectivity index (χ3v) is 16.5. The van der Waals surface area contributed by atoms with Gasteiger partial charge in [0.05, 0.1) is 10.2 Å². The second kappa shape index (κ2) is 14.7. The third kappa shape index (κ3) is 7.34. The third-order valence-electron chi connectivity index (χ3n) is 15.4. The number of rotatable bonds is 3. The van der Waals surface area contributed by atoms with Crippen molar-refractivity contribution in [2.24, 2.45) is 0 Å². The minimum absolute atomic E-state index is 0.00807. The highest BCUT2D eigenvalue weighted by Crippen LogP contribution is 2.51. The van der Waals surface area contributed by atoms with Crippen LogP contribution in [0.5, 0.6) is 0 Å². The topological polar surface area (TPSA) is 19.4 Å². The van der Waals surface area contributed by atoms with Crippen molar-refractivity contribution in [1.82, 2.24) is 4.98 Å². The van der Waals surface area contributed by atoms with Gasteiger partial charge in [-0.05, 0) is 150 Å². The molecule has 0 radical (unpaired) electrons. The van der Waals surface area contributed by atoms with Crippen molar-refractivity contribution in [2.45, 2.75) is 156 Å². The van der Waals surface area contributed by atoms with Crippen LogP contribution in [0.1, 0.15) is 157 Å². The lowest BCUT2D eigenvalue weighted by molar-refractivity contribution is 0.332. The van der Waals surface area contributed by atoms with Crippen LogP contribution in [0, 0.1) is 0 Å². The second-order valence-corrected chi connectivity index (χ2v) is 26.4. The minimum atomic E-state index is -0.105. The molecule has 66 heavy (non-hydrogen) atoms. The number of aromatic nitrogens is 1. The van der Waals surface area contributed by atoms with E-state index in [0.29, 0.717) is 0 Å². The quantitative estimate of drug-likeness (QED) is 0.165. The van der Waals surface area contributed by atoms with E-state index in [4.69, 9.17) is 4.98 Å². The van der Waals surface area contributed by atoms with Crippen molar-refractivity contribution in [3.05, 3.63) is 143 Å². The van der Waals surface area contributed by atoms with E-state index < -0.39 is 0 Å². The highest BCUT2D eigenvalue weighted by molar-refractivity contribution is 7.21. The standard InChI is InChI=1S/C61H70BN3S/c1-56(2,3)38-19-17-37(18-20-38)55-63-48-35-47-50(36-53(48)66-55)65(43-26-27-44-45(34-43)61(15,16)30-29-60(44,13)14)52-33-41(59(10,11)12)32-51-54(52)62(47)46-31-40(58(7,8)9)23-28-49(46)64(51)42-24-21-39(22-25-42)57(4,5)6/h17-28,31-36H,29-30H2,1-16H3. The molecular formula is C61H70BN3S. The number of hydrogen-bond donors (Lipinski definition) is 0. The highest BCUT2D eigenvalue weighted by atomic mass is 32.1. The van der Waals surface area contributed by atoms with E-state index in [0.717, 1.165) is 10.5 Å². The zero-order valence-corrected chi connectivity index (χ0v) is 43.5. The molecule has 0 amide bonds. The lowest BCUT2D eigenvalue weighted by Crippen LogP contribution is -2.61. The van der Waals surface area contributed by atoms with Gasteiger partial charge < -0.3 is 9.80 Å². The van der Waals surface area contributed by atoms with Crippen molar-refractivity contribution in [3.63, 3.8) is 0 Å². The Labute approximate surface area is 400 Å². The summed E-state index contributed by atoms with van der Waals surface area (Å²) >= 11 is 1.82. The predicted octanol–water partition coefficient (Wildman–Crippen LogP) is 15.6. The van der Waals surface area contributed by atoms with Crippen molar-refractivity contribution >= 4 is 78.8 Å². The molecule has 0 fully saturated rings. The largest absolute Gasteiger partial charge is 0.311 e. The molecule has 7 aromatic rings. The molecule has 3 heterocycles. The van der Waals surface area contributed by atoms with E-state index >= 15 is 0 Å². The Morgan fingerprint density at radius 2 is 0.970 bits per heavy atom. The second-order valence-electron chi connectivity index (χ2n) is 25.3. The first-order valence-electron chi connectivity index (χ1n) is 24.4. The highest BCUT2D eigenvalue weighted by Gasteiger charge is 2.46. The molecule has 0 saturated heterocycles. The molecule has 10 rings (SSSR count). The van der Waals surface area contributed by atoms with Gasteiger partial charge in [-0.25, -0.2) is 4.98 Å². The summed E-state index contributed by atoms with van der Waals surface area (Å²) in [6.07, 6.45) is 2.36. The number of hydrogen-bond acceptors (Lipinski definition) is 4. The van der Waals surface area contributed by atoms with E-state index in [9.17, 15) is 0 Å². The van der Waals surface area contributed by atoms with Crippen molar-refractivity contribution in [3.8, 4) is 10.6 Å². The summed E-state index contributed by atoms with van der Waals surface area (Å²) in [5.74, 6) is 0. The number of thiazole rings is 1. The summed E-state index contributed by atoms with van der Waals surface area (Å²) < 4.78 is 1.21. The summed E-state index contributed by atoms with van der Waals surface area (Å²) in [5, 5.41) is 1.06. The maximum absolute atomic E-state index is 5.48. The number of fused-ring (bicyclic) bond motifs is 6. The first-order valence-corrected chi connectivity index (χ1v) is 25.3. The van der Waals surface area contributed by atoms with Crippen LogP contribution in [0.3, 0.4) is 0 Å². The molecular weight excluding hydrogens is 818 g/mol. The van der Waals surface area contributed by atoms with Gasteiger partial charge in [-0.1, -0.05) is 165 Å². The fraction of sp³-hybridized carbons (Fsp3) is 0.393. The maximum atomic E-state index is 5.48. The summed E-state index contributed by atoms with van der Waals surface area (Å²) in [4.78, 5) is 10.7. The predicted molar refractivity (Wildman–Crippen MR) is 289 cm³/mol. The Bertz CT molecular complexity index is 3070. The van der Waals surface area contributed by atoms with E-state index in [1.165, 1.54) is 107 Å². The number of benzene rings is 6. The van der Waals surface area contributed by atoms with Crippen LogP contribution in [-0.2, 0) is 32.5 Å². The lowest BCUT2D eigenvalue weighted by atomic mass is 9.33. The lowest BCUT2D eigenvalue weighted by Gasteiger charge is -2.46.